The summed E-state index contributed by atoms with van der Waals surface area (Å²) in [6.45, 7) is 3.11. The normalized spacial score (nSPS) is 25.5. The van der Waals surface area contributed by atoms with Gasteiger partial charge in [-0.3, -0.25) is 4.79 Å². The first-order valence-electron chi connectivity index (χ1n) is 4.60. The maximum atomic E-state index is 11.2. The molecular formula is C9H17NO. The first-order chi connectivity index (χ1) is 5.34. The molecule has 0 amide bonds. The Balaban J connectivity index is 2.24. The molecule has 1 unspecified atom stereocenters. The fourth-order valence-electron chi connectivity index (χ4n) is 1.52. The Morgan fingerprint density at radius 1 is 1.55 bits per heavy atom. The van der Waals surface area contributed by atoms with E-state index < -0.39 is 0 Å². The Kier molecular flexibility index (Phi) is 3.57. The topological polar surface area (TPSA) is 29.1 Å². The van der Waals surface area contributed by atoms with Crippen LogP contribution in [0.3, 0.4) is 0 Å². The molecule has 64 valence electrons. The minimum atomic E-state index is 0.184. The van der Waals surface area contributed by atoms with E-state index in [1.54, 1.807) is 0 Å². The Morgan fingerprint density at radius 3 is 3.00 bits per heavy atom. The van der Waals surface area contributed by atoms with Gasteiger partial charge in [-0.1, -0.05) is 13.3 Å². The Hall–Kier alpha value is -0.370. The molecule has 0 saturated heterocycles. The molecule has 1 aliphatic carbocycles. The van der Waals surface area contributed by atoms with Crippen LogP contribution < -0.4 is 5.32 Å². The van der Waals surface area contributed by atoms with Crippen molar-refractivity contribution in [3.63, 3.8) is 0 Å². The number of carbonyl (C=O) groups is 1. The van der Waals surface area contributed by atoms with E-state index in [0.717, 1.165) is 32.2 Å². The highest BCUT2D eigenvalue weighted by Gasteiger charge is 2.20. The molecule has 1 N–H and O–H groups in total. The van der Waals surface area contributed by atoms with E-state index in [4.69, 9.17) is 0 Å². The lowest BCUT2D eigenvalue weighted by molar-refractivity contribution is -0.122. The second kappa shape index (κ2) is 4.50. The van der Waals surface area contributed by atoms with E-state index >= 15 is 0 Å². The molecule has 1 fully saturated rings. The zero-order valence-electron chi connectivity index (χ0n) is 7.23. The van der Waals surface area contributed by atoms with Crippen LogP contribution in [-0.4, -0.2) is 18.4 Å². The van der Waals surface area contributed by atoms with Crippen LogP contribution in [0.15, 0.2) is 0 Å². The van der Waals surface area contributed by atoms with Gasteiger partial charge in [-0.2, -0.15) is 0 Å². The molecule has 0 bridgehead atoms. The van der Waals surface area contributed by atoms with Gasteiger partial charge in [-0.15, -0.1) is 0 Å². The van der Waals surface area contributed by atoms with Crippen LogP contribution in [0.25, 0.3) is 0 Å². The minimum Gasteiger partial charge on any atom is -0.307 e. The predicted octanol–water partition coefficient (Wildman–Crippen LogP) is 1.50. The highest BCUT2D eigenvalue weighted by molar-refractivity contribution is 5.84. The van der Waals surface area contributed by atoms with Crippen molar-refractivity contribution in [3.05, 3.63) is 0 Å². The Labute approximate surface area is 68.4 Å². The molecule has 0 spiro atoms. The largest absolute Gasteiger partial charge is 0.307 e. The number of Topliss-reactive ketones (excluding diaryl/α,β-unsaturated/α-hetero) is 1. The summed E-state index contributed by atoms with van der Waals surface area (Å²) >= 11 is 0. The van der Waals surface area contributed by atoms with Crippen LogP contribution in [0.5, 0.6) is 0 Å². The molecule has 1 atom stereocenters. The summed E-state index contributed by atoms with van der Waals surface area (Å²) in [5, 5.41) is 3.27. The van der Waals surface area contributed by atoms with E-state index in [1.165, 1.54) is 6.42 Å². The highest BCUT2D eigenvalue weighted by Crippen LogP contribution is 2.14. The van der Waals surface area contributed by atoms with Gasteiger partial charge in [0, 0.05) is 6.42 Å². The van der Waals surface area contributed by atoms with Crippen LogP contribution >= 0.6 is 0 Å². The van der Waals surface area contributed by atoms with E-state index in [9.17, 15) is 4.79 Å². The molecule has 0 aromatic rings. The summed E-state index contributed by atoms with van der Waals surface area (Å²) in [7, 11) is 0. The minimum absolute atomic E-state index is 0.184. The third kappa shape index (κ3) is 2.62. The Bertz CT molecular complexity index is 134. The fraction of sp³-hybridized carbons (Fsp3) is 0.889. The molecule has 0 aromatic heterocycles. The maximum absolute atomic E-state index is 11.2. The number of carbonyl (C=O) groups excluding carboxylic acids is 1. The lowest BCUT2D eigenvalue weighted by atomic mass is 9.94. The fourth-order valence-corrected chi connectivity index (χ4v) is 1.52. The standard InChI is InChI=1S/C9H17NO/c1-2-7-10-8-5-3-4-6-9(8)11/h8,10H,2-7H2,1H3. The van der Waals surface area contributed by atoms with Crippen LogP contribution in [-0.2, 0) is 4.79 Å². The first kappa shape index (κ1) is 8.72. The smallest absolute Gasteiger partial charge is 0.149 e. The van der Waals surface area contributed by atoms with Gasteiger partial charge in [0.05, 0.1) is 6.04 Å². The summed E-state index contributed by atoms with van der Waals surface area (Å²) in [6, 6.07) is 0.184. The molecule has 1 aliphatic rings. The van der Waals surface area contributed by atoms with Crippen LogP contribution in [0.4, 0.5) is 0 Å². The zero-order chi connectivity index (χ0) is 8.10. The number of nitrogens with one attached hydrogen (secondary N) is 1. The summed E-state index contributed by atoms with van der Waals surface area (Å²) in [6.07, 6.45) is 5.28. The molecule has 0 heterocycles. The van der Waals surface area contributed by atoms with Gasteiger partial charge in [0.25, 0.3) is 0 Å². The van der Waals surface area contributed by atoms with Gasteiger partial charge >= 0.3 is 0 Å². The van der Waals surface area contributed by atoms with Gasteiger partial charge in [0.1, 0.15) is 5.78 Å². The predicted molar refractivity (Wildman–Crippen MR) is 45.6 cm³/mol. The van der Waals surface area contributed by atoms with Crippen molar-refractivity contribution in [1.82, 2.24) is 5.32 Å². The second-order valence-corrected chi connectivity index (χ2v) is 3.22. The van der Waals surface area contributed by atoms with Crippen molar-refractivity contribution in [3.8, 4) is 0 Å². The molecule has 2 nitrogen and oxygen atoms in total. The summed E-state index contributed by atoms with van der Waals surface area (Å²) in [4.78, 5) is 11.2. The molecule has 11 heavy (non-hydrogen) atoms. The van der Waals surface area contributed by atoms with E-state index in [1.807, 2.05) is 0 Å². The van der Waals surface area contributed by atoms with Gasteiger partial charge in [0.15, 0.2) is 0 Å². The number of hydrogen-bond acceptors (Lipinski definition) is 2. The molecule has 0 aromatic carbocycles. The molecule has 2 heteroatoms. The SMILES string of the molecule is CCCNC1CCCCC1=O. The average molecular weight is 155 g/mol. The van der Waals surface area contributed by atoms with Crippen molar-refractivity contribution < 1.29 is 4.79 Å². The third-order valence-electron chi connectivity index (χ3n) is 2.20. The number of rotatable bonds is 3. The van der Waals surface area contributed by atoms with E-state index in [-0.39, 0.29) is 6.04 Å². The third-order valence-corrected chi connectivity index (χ3v) is 2.20. The molecule has 0 aliphatic heterocycles. The Morgan fingerprint density at radius 2 is 2.36 bits per heavy atom. The maximum Gasteiger partial charge on any atom is 0.149 e. The molecule has 1 rings (SSSR count). The monoisotopic (exact) mass is 155 g/mol. The van der Waals surface area contributed by atoms with Crippen molar-refractivity contribution in [2.75, 3.05) is 6.54 Å². The van der Waals surface area contributed by atoms with Gasteiger partial charge in [0.2, 0.25) is 0 Å². The lowest BCUT2D eigenvalue weighted by Crippen LogP contribution is -2.39. The van der Waals surface area contributed by atoms with Gasteiger partial charge in [-0.05, 0) is 25.8 Å². The second-order valence-electron chi connectivity index (χ2n) is 3.22. The summed E-state index contributed by atoms with van der Waals surface area (Å²) in [5.74, 6) is 0.421. The van der Waals surface area contributed by atoms with Gasteiger partial charge in [-0.25, -0.2) is 0 Å². The van der Waals surface area contributed by atoms with Crippen LogP contribution in [0.1, 0.15) is 39.0 Å². The lowest BCUT2D eigenvalue weighted by Gasteiger charge is -2.21. The number of hydrogen-bond donors (Lipinski definition) is 1. The van der Waals surface area contributed by atoms with Crippen molar-refractivity contribution >= 4 is 5.78 Å². The van der Waals surface area contributed by atoms with E-state index in [2.05, 4.69) is 12.2 Å². The van der Waals surface area contributed by atoms with Crippen LogP contribution in [0.2, 0.25) is 0 Å². The first-order valence-corrected chi connectivity index (χ1v) is 4.60. The molecule has 1 saturated carbocycles. The zero-order valence-corrected chi connectivity index (χ0v) is 7.23. The highest BCUT2D eigenvalue weighted by atomic mass is 16.1. The quantitative estimate of drug-likeness (QED) is 0.669. The van der Waals surface area contributed by atoms with Crippen molar-refractivity contribution in [2.24, 2.45) is 0 Å². The summed E-state index contributed by atoms with van der Waals surface area (Å²) < 4.78 is 0. The molecular weight excluding hydrogens is 138 g/mol. The summed E-state index contributed by atoms with van der Waals surface area (Å²) in [5.41, 5.74) is 0. The number of ketones is 1. The van der Waals surface area contributed by atoms with E-state index in [0.29, 0.717) is 5.78 Å². The van der Waals surface area contributed by atoms with Crippen molar-refractivity contribution in [2.45, 2.75) is 45.1 Å². The van der Waals surface area contributed by atoms with Crippen molar-refractivity contribution in [1.29, 1.82) is 0 Å². The molecule has 0 radical (unpaired) electrons. The van der Waals surface area contributed by atoms with Gasteiger partial charge < -0.3 is 5.32 Å². The average Bonchev–Trinajstić information content (AvgIpc) is 2.03. The van der Waals surface area contributed by atoms with Crippen LogP contribution in [0, 0.1) is 0 Å².